The van der Waals surface area contributed by atoms with Crippen LogP contribution >= 0.6 is 0 Å². The fourth-order valence-electron chi connectivity index (χ4n) is 4.68. The number of carbonyl (C=O) groups excluding carboxylic acids is 2. The third kappa shape index (κ3) is 3.64. The zero-order valence-electron chi connectivity index (χ0n) is 18.0. The molecule has 0 aromatic carbocycles. The van der Waals surface area contributed by atoms with Crippen LogP contribution in [0.5, 0.6) is 0 Å². The van der Waals surface area contributed by atoms with Crippen LogP contribution in [0.2, 0.25) is 0 Å². The maximum Gasteiger partial charge on any atom is 0.425 e. The fraction of sp³-hybridized carbons (Fsp3) is 0.524. The van der Waals surface area contributed by atoms with Crippen LogP contribution in [0.15, 0.2) is 34.6 Å². The van der Waals surface area contributed by atoms with Gasteiger partial charge in [-0.2, -0.15) is 9.48 Å². The number of urea groups is 1. The smallest absolute Gasteiger partial charge is 0.383 e. The van der Waals surface area contributed by atoms with E-state index in [2.05, 4.69) is 21.8 Å². The van der Waals surface area contributed by atoms with Crippen LogP contribution in [-0.4, -0.2) is 95.6 Å². The molecule has 1 aromatic rings. The van der Waals surface area contributed by atoms with Crippen LogP contribution in [0.25, 0.3) is 0 Å². The molecule has 0 aliphatic carbocycles. The van der Waals surface area contributed by atoms with Crippen LogP contribution in [0.4, 0.5) is 9.18 Å². The quantitative estimate of drug-likeness (QED) is 0.323. The molecule has 3 amide bonds. The zero-order chi connectivity index (χ0) is 22.3. The summed E-state index contributed by atoms with van der Waals surface area (Å²) >= 11 is 0. The highest BCUT2D eigenvalue weighted by molar-refractivity contribution is 6.09. The van der Waals surface area contributed by atoms with Gasteiger partial charge in [0.05, 0.1) is 12.8 Å². The number of amides is 3. The zero-order valence-corrected chi connectivity index (χ0v) is 18.0. The molecule has 10 heteroatoms. The van der Waals surface area contributed by atoms with Gasteiger partial charge in [0.2, 0.25) is 0 Å². The van der Waals surface area contributed by atoms with E-state index in [-0.39, 0.29) is 34.1 Å². The lowest BCUT2D eigenvalue weighted by atomic mass is 10.1. The van der Waals surface area contributed by atoms with E-state index in [0.717, 1.165) is 43.2 Å². The largest absolute Gasteiger partial charge is 0.425 e. The van der Waals surface area contributed by atoms with Gasteiger partial charge in [-0.3, -0.25) is 14.6 Å². The molecule has 166 valence electrons. The topological polar surface area (TPSA) is 101 Å². The number of piperazine rings is 1. The Morgan fingerprint density at radius 2 is 2.13 bits per heavy atom. The van der Waals surface area contributed by atoms with Crippen molar-refractivity contribution in [2.24, 2.45) is 10.7 Å². The van der Waals surface area contributed by atoms with Gasteiger partial charge in [0.15, 0.2) is 11.7 Å². The van der Waals surface area contributed by atoms with Crippen LogP contribution in [-0.2, 0) is 4.74 Å². The Morgan fingerprint density at radius 1 is 1.35 bits per heavy atom. The van der Waals surface area contributed by atoms with Gasteiger partial charge in [-0.1, -0.05) is 0 Å². The molecular weight excluding hydrogens is 403 g/mol. The van der Waals surface area contributed by atoms with Gasteiger partial charge in [-0.15, -0.1) is 0 Å². The van der Waals surface area contributed by atoms with E-state index in [9.17, 15) is 14.0 Å². The minimum absolute atomic E-state index is 0.0233. The summed E-state index contributed by atoms with van der Waals surface area (Å²) in [6.07, 6.45) is 0.962. The van der Waals surface area contributed by atoms with Crippen molar-refractivity contribution in [3.8, 4) is 0 Å². The Hall–Kier alpha value is -2.69. The summed E-state index contributed by atoms with van der Waals surface area (Å²) in [6.45, 7) is 8.36. The van der Waals surface area contributed by atoms with Gasteiger partial charge >= 0.3 is 6.03 Å². The number of nitrogens with two attached hydrogens (primary N) is 1. The third-order valence-corrected chi connectivity index (χ3v) is 6.52. The molecule has 4 heterocycles. The fourth-order valence-corrected chi connectivity index (χ4v) is 4.68. The van der Waals surface area contributed by atoms with Crippen LogP contribution in [0.1, 0.15) is 24.3 Å². The number of ether oxygens (including phenoxy) is 1. The van der Waals surface area contributed by atoms with Gasteiger partial charge in [0.1, 0.15) is 29.5 Å². The minimum atomic E-state index is -0.629. The molecule has 3 aliphatic rings. The number of carbonyl (C=O) groups is 2. The van der Waals surface area contributed by atoms with Gasteiger partial charge in [-0.05, 0) is 26.0 Å². The molecule has 3 aliphatic heterocycles. The molecule has 31 heavy (non-hydrogen) atoms. The van der Waals surface area contributed by atoms with E-state index in [1.807, 2.05) is 11.8 Å². The first-order chi connectivity index (χ1) is 14.8. The SMILES string of the molecule is COCCN1CCN(C(=O)[N+]23CC(C(N)=NC(=O)c4ccc(F)cn4)=C2C3C)C(C)C1. The lowest BCUT2D eigenvalue weighted by Gasteiger charge is -2.40. The van der Waals surface area contributed by atoms with Crippen molar-refractivity contribution in [2.75, 3.05) is 46.4 Å². The molecule has 3 atom stereocenters. The molecule has 0 radical (unpaired) electrons. The van der Waals surface area contributed by atoms with Crippen molar-refractivity contribution >= 4 is 17.8 Å². The van der Waals surface area contributed by atoms with E-state index in [0.29, 0.717) is 19.7 Å². The number of aliphatic imine (C=N–C) groups is 1. The number of fused-ring (bicyclic) bond motifs is 1. The molecule has 2 saturated heterocycles. The van der Waals surface area contributed by atoms with Crippen molar-refractivity contribution < 1.29 is 23.2 Å². The summed E-state index contributed by atoms with van der Waals surface area (Å²) in [7, 11) is 1.69. The number of amidine groups is 1. The van der Waals surface area contributed by atoms with Gasteiger partial charge < -0.3 is 10.5 Å². The number of quaternary nitrogens is 1. The number of halogens is 1. The van der Waals surface area contributed by atoms with Crippen molar-refractivity contribution in [3.05, 3.63) is 41.1 Å². The number of hydrogen-bond acceptors (Lipinski definition) is 5. The molecule has 9 nitrogen and oxygen atoms in total. The minimum Gasteiger partial charge on any atom is -0.383 e. The maximum atomic E-state index is 13.4. The molecule has 4 rings (SSSR count). The predicted molar refractivity (Wildman–Crippen MR) is 112 cm³/mol. The van der Waals surface area contributed by atoms with E-state index in [1.54, 1.807) is 7.11 Å². The lowest BCUT2D eigenvalue weighted by Crippen LogP contribution is -2.60. The summed E-state index contributed by atoms with van der Waals surface area (Å²) in [5, 5.41) is 0. The van der Waals surface area contributed by atoms with Crippen molar-refractivity contribution in [1.82, 2.24) is 14.8 Å². The second-order valence-corrected chi connectivity index (χ2v) is 8.35. The van der Waals surface area contributed by atoms with Crippen molar-refractivity contribution in [2.45, 2.75) is 25.9 Å². The lowest BCUT2D eigenvalue weighted by molar-refractivity contribution is -0.721. The monoisotopic (exact) mass is 431 g/mol. The Morgan fingerprint density at radius 3 is 2.74 bits per heavy atom. The first-order valence-corrected chi connectivity index (χ1v) is 10.4. The van der Waals surface area contributed by atoms with Gasteiger partial charge in [-0.25, -0.2) is 14.2 Å². The summed E-state index contributed by atoms with van der Waals surface area (Å²) < 4.78 is 18.4. The normalized spacial score (nSPS) is 28.3. The second kappa shape index (κ2) is 8.10. The van der Waals surface area contributed by atoms with E-state index < -0.39 is 11.7 Å². The average molecular weight is 431 g/mol. The predicted octanol–water partition coefficient (Wildman–Crippen LogP) is 0.977. The van der Waals surface area contributed by atoms with Crippen LogP contribution in [0.3, 0.4) is 0 Å². The van der Waals surface area contributed by atoms with Gasteiger partial charge in [0.25, 0.3) is 5.91 Å². The number of pyridine rings is 1. The molecular formula is C21H28FN6O3+. The number of aromatic nitrogens is 1. The molecule has 0 saturated carbocycles. The molecule has 3 unspecified atom stereocenters. The number of nitrogens with zero attached hydrogens (tertiary/aromatic N) is 5. The Balaban J connectivity index is 1.44. The summed E-state index contributed by atoms with van der Waals surface area (Å²) in [6, 6.07) is 2.65. The second-order valence-electron chi connectivity index (χ2n) is 8.35. The van der Waals surface area contributed by atoms with E-state index in [1.165, 1.54) is 6.07 Å². The standard InChI is InChI=1S/C21H27FN6O3/c1-13-11-26(8-9-31-3)6-7-27(13)21(30)28-12-16(18(28)14(28)2)19(23)25-20(29)17-5-4-15(22)10-24-17/h4-5,10,13-14H,6-9,11-12H2,1-3H3,(H-,23,25,29)/p+1. The number of hydrogen-bond donors (Lipinski definition) is 1. The van der Waals surface area contributed by atoms with Crippen molar-refractivity contribution in [1.29, 1.82) is 0 Å². The highest BCUT2D eigenvalue weighted by Crippen LogP contribution is 2.56. The molecule has 0 spiro atoms. The van der Waals surface area contributed by atoms with E-state index in [4.69, 9.17) is 10.5 Å². The molecule has 2 fully saturated rings. The highest BCUT2D eigenvalue weighted by Gasteiger charge is 2.75. The van der Waals surface area contributed by atoms with E-state index >= 15 is 0 Å². The van der Waals surface area contributed by atoms with Crippen molar-refractivity contribution in [3.63, 3.8) is 0 Å². The third-order valence-electron chi connectivity index (χ3n) is 6.52. The maximum absolute atomic E-state index is 13.4. The van der Waals surface area contributed by atoms with Crippen LogP contribution in [0, 0.1) is 5.82 Å². The Bertz CT molecular complexity index is 962. The summed E-state index contributed by atoms with van der Waals surface area (Å²) in [5.74, 6) is -1.05. The highest BCUT2D eigenvalue weighted by atomic mass is 19.1. The molecule has 0 bridgehead atoms. The Kier molecular flexibility index (Phi) is 5.63. The first-order valence-electron chi connectivity index (χ1n) is 10.4. The Labute approximate surface area is 180 Å². The molecule has 2 N–H and O–H groups in total. The summed E-state index contributed by atoms with van der Waals surface area (Å²) in [5.41, 5.74) is 7.78. The van der Waals surface area contributed by atoms with Gasteiger partial charge in [0, 0.05) is 39.3 Å². The number of rotatable bonds is 5. The number of methoxy groups -OCH3 is 1. The average Bonchev–Trinajstić information content (AvgIpc) is 3.19. The van der Waals surface area contributed by atoms with Crippen LogP contribution < -0.4 is 5.73 Å². The first kappa shape index (κ1) is 21.5. The molecule has 1 aromatic heterocycles. The summed E-state index contributed by atoms with van der Waals surface area (Å²) in [4.78, 5) is 37.5.